The van der Waals surface area contributed by atoms with Crippen LogP contribution in [-0.2, 0) is 6.54 Å². The molecule has 0 bridgehead atoms. The molecule has 20 heavy (non-hydrogen) atoms. The molecule has 2 unspecified atom stereocenters. The fraction of sp³-hybridized carbons (Fsp3) is 0.562. The van der Waals surface area contributed by atoms with Crippen LogP contribution in [0.1, 0.15) is 31.2 Å². The Hall–Kier alpha value is -1.55. The quantitative estimate of drug-likeness (QED) is 0.867. The van der Waals surface area contributed by atoms with E-state index in [1.54, 1.807) is 0 Å². The summed E-state index contributed by atoms with van der Waals surface area (Å²) in [5.41, 5.74) is 1.15. The van der Waals surface area contributed by atoms with Crippen molar-refractivity contribution < 1.29 is 4.79 Å². The van der Waals surface area contributed by atoms with Crippen molar-refractivity contribution in [2.45, 2.75) is 44.3 Å². The van der Waals surface area contributed by atoms with Gasteiger partial charge in [0, 0.05) is 31.7 Å². The van der Waals surface area contributed by atoms with Crippen molar-refractivity contribution >= 4 is 6.03 Å². The zero-order valence-electron chi connectivity index (χ0n) is 11.8. The number of fused-ring (bicyclic) bond motifs is 1. The average molecular weight is 273 g/mol. The van der Waals surface area contributed by atoms with Crippen molar-refractivity contribution in [3.63, 3.8) is 0 Å². The van der Waals surface area contributed by atoms with Gasteiger partial charge in [0.25, 0.3) is 0 Å². The minimum Gasteiger partial charge on any atom is -0.334 e. The standard InChI is InChI=1S/C16H23N3O/c20-16(18-12-13-6-2-1-3-7-13)19-11-10-17-14-8-4-5-9-15(14)19/h1-3,6-7,14-15,17H,4-5,8-12H2,(H,18,20). The molecule has 2 fully saturated rings. The van der Waals surface area contributed by atoms with Crippen LogP contribution in [-0.4, -0.2) is 36.1 Å². The van der Waals surface area contributed by atoms with Gasteiger partial charge in [-0.1, -0.05) is 43.2 Å². The van der Waals surface area contributed by atoms with Crippen LogP contribution in [0.15, 0.2) is 30.3 Å². The Balaban J connectivity index is 1.58. The van der Waals surface area contributed by atoms with Crippen LogP contribution in [0.2, 0.25) is 0 Å². The first-order valence-corrected chi connectivity index (χ1v) is 7.66. The van der Waals surface area contributed by atoms with Crippen molar-refractivity contribution in [1.29, 1.82) is 0 Å². The minimum absolute atomic E-state index is 0.0900. The molecule has 3 rings (SSSR count). The van der Waals surface area contributed by atoms with E-state index in [1.807, 2.05) is 35.2 Å². The van der Waals surface area contributed by atoms with Crippen LogP contribution < -0.4 is 10.6 Å². The van der Waals surface area contributed by atoms with Crippen molar-refractivity contribution in [2.24, 2.45) is 0 Å². The minimum atomic E-state index is 0.0900. The summed E-state index contributed by atoms with van der Waals surface area (Å²) in [6.07, 6.45) is 4.86. The average Bonchev–Trinajstić information content (AvgIpc) is 2.53. The van der Waals surface area contributed by atoms with E-state index < -0.39 is 0 Å². The molecule has 1 aliphatic heterocycles. The molecule has 4 nitrogen and oxygen atoms in total. The third-order valence-corrected chi connectivity index (χ3v) is 4.44. The Labute approximate surface area is 120 Å². The summed E-state index contributed by atoms with van der Waals surface area (Å²) in [6, 6.07) is 11.1. The molecule has 1 aliphatic carbocycles. The van der Waals surface area contributed by atoms with Crippen LogP contribution in [0.3, 0.4) is 0 Å². The van der Waals surface area contributed by atoms with Crippen LogP contribution in [0.25, 0.3) is 0 Å². The highest BCUT2D eigenvalue weighted by atomic mass is 16.2. The number of rotatable bonds is 2. The first-order valence-electron chi connectivity index (χ1n) is 7.66. The highest BCUT2D eigenvalue weighted by Crippen LogP contribution is 2.25. The molecule has 4 heteroatoms. The van der Waals surface area contributed by atoms with Gasteiger partial charge in [0.1, 0.15) is 0 Å². The molecule has 0 radical (unpaired) electrons. The summed E-state index contributed by atoms with van der Waals surface area (Å²) in [5, 5.41) is 6.62. The number of amides is 2. The van der Waals surface area contributed by atoms with Crippen molar-refractivity contribution in [2.75, 3.05) is 13.1 Å². The summed E-state index contributed by atoms with van der Waals surface area (Å²) < 4.78 is 0. The third kappa shape index (κ3) is 2.96. The van der Waals surface area contributed by atoms with E-state index in [1.165, 1.54) is 19.3 Å². The molecule has 1 saturated carbocycles. The molecular formula is C16H23N3O. The number of piperazine rings is 1. The van der Waals surface area contributed by atoms with Gasteiger partial charge >= 0.3 is 6.03 Å². The van der Waals surface area contributed by atoms with Crippen molar-refractivity contribution in [3.05, 3.63) is 35.9 Å². The van der Waals surface area contributed by atoms with Gasteiger partial charge in [-0.3, -0.25) is 0 Å². The molecule has 2 aliphatic rings. The zero-order chi connectivity index (χ0) is 13.8. The van der Waals surface area contributed by atoms with Gasteiger partial charge in [0.15, 0.2) is 0 Å². The number of urea groups is 1. The number of nitrogens with zero attached hydrogens (tertiary/aromatic N) is 1. The molecule has 1 heterocycles. The van der Waals surface area contributed by atoms with Crippen LogP contribution in [0, 0.1) is 0 Å². The van der Waals surface area contributed by atoms with E-state index >= 15 is 0 Å². The summed E-state index contributed by atoms with van der Waals surface area (Å²) in [6.45, 7) is 2.35. The van der Waals surface area contributed by atoms with Crippen molar-refractivity contribution in [3.8, 4) is 0 Å². The Morgan fingerprint density at radius 1 is 1.25 bits per heavy atom. The van der Waals surface area contributed by atoms with Gasteiger partial charge in [-0.25, -0.2) is 4.79 Å². The van der Waals surface area contributed by atoms with Crippen LogP contribution in [0.5, 0.6) is 0 Å². The second kappa shape index (κ2) is 6.27. The molecule has 2 atom stereocenters. The van der Waals surface area contributed by atoms with Gasteiger partial charge in [-0.15, -0.1) is 0 Å². The molecule has 0 spiro atoms. The third-order valence-electron chi connectivity index (χ3n) is 4.44. The molecule has 108 valence electrons. The van der Waals surface area contributed by atoms with E-state index in [0.29, 0.717) is 18.6 Å². The van der Waals surface area contributed by atoms with E-state index in [4.69, 9.17) is 0 Å². The van der Waals surface area contributed by atoms with E-state index in [0.717, 1.165) is 25.1 Å². The molecular weight excluding hydrogens is 250 g/mol. The summed E-state index contributed by atoms with van der Waals surface area (Å²) >= 11 is 0. The smallest absolute Gasteiger partial charge is 0.318 e. The summed E-state index contributed by atoms with van der Waals surface area (Å²) in [7, 11) is 0. The van der Waals surface area contributed by atoms with Gasteiger partial charge in [-0.2, -0.15) is 0 Å². The van der Waals surface area contributed by atoms with Crippen LogP contribution >= 0.6 is 0 Å². The summed E-state index contributed by atoms with van der Waals surface area (Å²) in [4.78, 5) is 14.5. The molecule has 1 saturated heterocycles. The predicted molar refractivity (Wildman–Crippen MR) is 79.4 cm³/mol. The molecule has 1 aromatic carbocycles. The topological polar surface area (TPSA) is 44.4 Å². The van der Waals surface area contributed by atoms with Gasteiger partial charge in [0.2, 0.25) is 0 Å². The van der Waals surface area contributed by atoms with Crippen LogP contribution in [0.4, 0.5) is 4.79 Å². The molecule has 0 aromatic heterocycles. The lowest BCUT2D eigenvalue weighted by atomic mass is 9.88. The van der Waals surface area contributed by atoms with Gasteiger partial charge in [-0.05, 0) is 18.4 Å². The fourth-order valence-corrected chi connectivity index (χ4v) is 3.39. The maximum atomic E-state index is 12.4. The van der Waals surface area contributed by atoms with E-state index in [-0.39, 0.29) is 6.03 Å². The van der Waals surface area contributed by atoms with E-state index in [2.05, 4.69) is 10.6 Å². The maximum absolute atomic E-state index is 12.4. The van der Waals surface area contributed by atoms with E-state index in [9.17, 15) is 4.79 Å². The maximum Gasteiger partial charge on any atom is 0.318 e. The largest absolute Gasteiger partial charge is 0.334 e. The van der Waals surface area contributed by atoms with Gasteiger partial charge in [0.05, 0.1) is 0 Å². The molecule has 1 aromatic rings. The monoisotopic (exact) mass is 273 g/mol. The lowest BCUT2D eigenvalue weighted by molar-refractivity contribution is 0.107. The highest BCUT2D eigenvalue weighted by molar-refractivity contribution is 5.74. The fourth-order valence-electron chi connectivity index (χ4n) is 3.39. The normalized spacial score (nSPS) is 25.9. The summed E-state index contributed by atoms with van der Waals surface area (Å²) in [5.74, 6) is 0. The van der Waals surface area contributed by atoms with Gasteiger partial charge < -0.3 is 15.5 Å². The SMILES string of the molecule is O=C(NCc1ccccc1)N1CCNC2CCCCC21. The lowest BCUT2D eigenvalue weighted by Gasteiger charge is -2.44. The number of benzene rings is 1. The predicted octanol–water partition coefficient (Wildman–Crippen LogP) is 2.11. The lowest BCUT2D eigenvalue weighted by Crippen LogP contribution is -2.62. The second-order valence-electron chi connectivity index (χ2n) is 5.75. The second-order valence-corrected chi connectivity index (χ2v) is 5.75. The zero-order valence-corrected chi connectivity index (χ0v) is 11.8. The number of carbonyl (C=O) groups is 1. The Bertz CT molecular complexity index is 446. The molecule has 2 N–H and O–H groups in total. The first-order chi connectivity index (χ1) is 9.84. The van der Waals surface area contributed by atoms with Crippen molar-refractivity contribution in [1.82, 2.24) is 15.5 Å². The first kappa shape index (κ1) is 13.4. The Morgan fingerprint density at radius 2 is 2.05 bits per heavy atom. The Kier molecular flexibility index (Phi) is 4.21. The highest BCUT2D eigenvalue weighted by Gasteiger charge is 2.35. The number of nitrogens with one attached hydrogen (secondary N) is 2. The number of hydrogen-bond donors (Lipinski definition) is 2. The number of carbonyl (C=O) groups excluding carboxylic acids is 1. The Morgan fingerprint density at radius 3 is 2.90 bits per heavy atom. The number of hydrogen-bond acceptors (Lipinski definition) is 2. The molecule has 2 amide bonds.